The summed E-state index contributed by atoms with van der Waals surface area (Å²) in [5.74, 6) is -0.276. The molecular formula is C17H23N3O4. The number of urea groups is 1. The second-order valence-electron chi connectivity index (χ2n) is 5.85. The van der Waals surface area contributed by atoms with Gasteiger partial charge in [-0.1, -0.05) is 25.3 Å². The van der Waals surface area contributed by atoms with Gasteiger partial charge < -0.3 is 15.4 Å². The summed E-state index contributed by atoms with van der Waals surface area (Å²) in [4.78, 5) is 34.5. The molecule has 130 valence electrons. The number of anilines is 1. The largest absolute Gasteiger partial charge is 0.484 e. The molecule has 1 aromatic carbocycles. The van der Waals surface area contributed by atoms with Crippen LogP contribution in [0.4, 0.5) is 10.5 Å². The van der Waals surface area contributed by atoms with Crippen molar-refractivity contribution < 1.29 is 19.1 Å². The summed E-state index contributed by atoms with van der Waals surface area (Å²) in [6, 6.07) is 6.35. The average Bonchev–Trinajstić information content (AvgIpc) is 2.53. The lowest BCUT2D eigenvalue weighted by Gasteiger charge is -2.22. The maximum absolute atomic E-state index is 11.8. The molecule has 0 spiro atoms. The van der Waals surface area contributed by atoms with Crippen LogP contribution in [0.1, 0.15) is 39.0 Å². The summed E-state index contributed by atoms with van der Waals surface area (Å²) < 4.78 is 5.34. The van der Waals surface area contributed by atoms with Gasteiger partial charge in [-0.15, -0.1) is 0 Å². The number of hydrogen-bond acceptors (Lipinski definition) is 4. The lowest BCUT2D eigenvalue weighted by Crippen LogP contribution is -2.46. The van der Waals surface area contributed by atoms with Crippen LogP contribution >= 0.6 is 0 Å². The fourth-order valence-corrected chi connectivity index (χ4v) is 2.65. The maximum atomic E-state index is 11.8. The van der Waals surface area contributed by atoms with E-state index in [-0.39, 0.29) is 18.6 Å². The van der Waals surface area contributed by atoms with E-state index in [0.29, 0.717) is 11.4 Å². The first kappa shape index (κ1) is 17.8. The Morgan fingerprint density at radius 3 is 2.62 bits per heavy atom. The van der Waals surface area contributed by atoms with E-state index in [2.05, 4.69) is 16.0 Å². The third-order valence-electron chi connectivity index (χ3n) is 3.72. The highest BCUT2D eigenvalue weighted by Gasteiger charge is 2.17. The molecule has 0 saturated heterocycles. The van der Waals surface area contributed by atoms with Gasteiger partial charge in [0, 0.05) is 24.7 Å². The fourth-order valence-electron chi connectivity index (χ4n) is 2.65. The second kappa shape index (κ2) is 8.90. The monoisotopic (exact) mass is 333 g/mol. The third kappa shape index (κ3) is 6.28. The van der Waals surface area contributed by atoms with Gasteiger partial charge >= 0.3 is 6.03 Å². The quantitative estimate of drug-likeness (QED) is 0.769. The number of nitrogens with one attached hydrogen (secondary N) is 3. The molecule has 24 heavy (non-hydrogen) atoms. The number of amides is 4. The zero-order valence-electron chi connectivity index (χ0n) is 13.8. The van der Waals surface area contributed by atoms with Gasteiger partial charge in [0.1, 0.15) is 5.75 Å². The minimum absolute atomic E-state index is 0.141. The smallest absolute Gasteiger partial charge is 0.321 e. The Balaban J connectivity index is 1.74. The predicted molar refractivity (Wildman–Crippen MR) is 89.8 cm³/mol. The third-order valence-corrected chi connectivity index (χ3v) is 3.72. The zero-order chi connectivity index (χ0) is 17.4. The highest BCUT2D eigenvalue weighted by molar-refractivity contribution is 5.95. The molecule has 1 saturated carbocycles. The standard InChI is InChI=1S/C17H23N3O4/c1-12(21)18-14-8-5-9-15(10-14)24-11-16(22)20-17(23)19-13-6-3-2-4-7-13/h5,8-10,13H,2-4,6-7,11H2,1H3,(H,18,21)(H2,19,20,22,23). The molecule has 0 atom stereocenters. The van der Waals surface area contributed by atoms with Crippen molar-refractivity contribution in [2.75, 3.05) is 11.9 Å². The zero-order valence-corrected chi connectivity index (χ0v) is 13.8. The number of ether oxygens (including phenoxy) is 1. The van der Waals surface area contributed by atoms with Crippen LogP contribution < -0.4 is 20.7 Å². The first-order chi connectivity index (χ1) is 11.5. The molecule has 0 aromatic heterocycles. The summed E-state index contributed by atoms with van der Waals surface area (Å²) in [7, 11) is 0. The van der Waals surface area contributed by atoms with Crippen LogP contribution in [0.3, 0.4) is 0 Å². The minimum Gasteiger partial charge on any atom is -0.484 e. The van der Waals surface area contributed by atoms with E-state index in [4.69, 9.17) is 4.74 Å². The molecule has 7 nitrogen and oxygen atoms in total. The molecule has 0 bridgehead atoms. The van der Waals surface area contributed by atoms with E-state index in [0.717, 1.165) is 25.7 Å². The lowest BCUT2D eigenvalue weighted by atomic mass is 9.96. The predicted octanol–water partition coefficient (Wildman–Crippen LogP) is 2.18. The number of rotatable bonds is 5. The van der Waals surface area contributed by atoms with Gasteiger partial charge in [-0.25, -0.2) is 4.79 Å². The van der Waals surface area contributed by atoms with Gasteiger partial charge in [0.05, 0.1) is 0 Å². The molecule has 1 aromatic rings. The molecule has 2 rings (SSSR count). The first-order valence-corrected chi connectivity index (χ1v) is 8.14. The van der Waals surface area contributed by atoms with Crippen molar-refractivity contribution in [3.05, 3.63) is 24.3 Å². The summed E-state index contributed by atoms with van der Waals surface area (Å²) >= 11 is 0. The van der Waals surface area contributed by atoms with Crippen molar-refractivity contribution in [2.45, 2.75) is 45.1 Å². The van der Waals surface area contributed by atoms with E-state index in [1.165, 1.54) is 13.3 Å². The Kier molecular flexibility index (Phi) is 6.60. The van der Waals surface area contributed by atoms with Crippen LogP contribution in [0.5, 0.6) is 5.75 Å². The van der Waals surface area contributed by atoms with Gasteiger partial charge in [0.2, 0.25) is 5.91 Å². The molecule has 0 aliphatic heterocycles. The van der Waals surface area contributed by atoms with Gasteiger partial charge in [-0.05, 0) is 25.0 Å². The number of hydrogen-bond donors (Lipinski definition) is 3. The Hall–Kier alpha value is -2.57. The van der Waals surface area contributed by atoms with E-state index >= 15 is 0 Å². The number of imide groups is 1. The number of carbonyl (C=O) groups is 3. The molecule has 4 amide bonds. The molecule has 0 unspecified atom stereocenters. The molecule has 0 heterocycles. The van der Waals surface area contributed by atoms with Gasteiger partial charge in [0.25, 0.3) is 5.91 Å². The van der Waals surface area contributed by atoms with Crippen LogP contribution in [-0.4, -0.2) is 30.5 Å². The Morgan fingerprint density at radius 1 is 1.17 bits per heavy atom. The van der Waals surface area contributed by atoms with E-state index in [9.17, 15) is 14.4 Å². The maximum Gasteiger partial charge on any atom is 0.321 e. The number of benzene rings is 1. The topological polar surface area (TPSA) is 96.5 Å². The molecular weight excluding hydrogens is 310 g/mol. The van der Waals surface area contributed by atoms with Crippen LogP contribution in [0.25, 0.3) is 0 Å². The van der Waals surface area contributed by atoms with E-state index in [1.54, 1.807) is 24.3 Å². The summed E-state index contributed by atoms with van der Waals surface area (Å²) in [6.45, 7) is 1.13. The van der Waals surface area contributed by atoms with Crippen LogP contribution in [-0.2, 0) is 9.59 Å². The van der Waals surface area contributed by atoms with Gasteiger partial charge in [-0.3, -0.25) is 14.9 Å². The Morgan fingerprint density at radius 2 is 1.92 bits per heavy atom. The highest BCUT2D eigenvalue weighted by Crippen LogP contribution is 2.18. The molecule has 1 aliphatic rings. The van der Waals surface area contributed by atoms with Crippen LogP contribution in [0.15, 0.2) is 24.3 Å². The Labute approximate surface area is 141 Å². The summed E-state index contributed by atoms with van der Waals surface area (Å²) in [5.41, 5.74) is 0.579. The molecule has 1 fully saturated rings. The molecule has 0 radical (unpaired) electrons. The molecule has 3 N–H and O–H groups in total. The van der Waals surface area contributed by atoms with E-state index in [1.807, 2.05) is 0 Å². The van der Waals surface area contributed by atoms with Crippen molar-refractivity contribution in [1.29, 1.82) is 0 Å². The van der Waals surface area contributed by atoms with Crippen molar-refractivity contribution in [2.24, 2.45) is 0 Å². The lowest BCUT2D eigenvalue weighted by molar-refractivity contribution is -0.122. The second-order valence-corrected chi connectivity index (χ2v) is 5.85. The first-order valence-electron chi connectivity index (χ1n) is 8.14. The SMILES string of the molecule is CC(=O)Nc1cccc(OCC(=O)NC(=O)NC2CCCCC2)c1. The number of carbonyl (C=O) groups excluding carboxylic acids is 3. The summed E-state index contributed by atoms with van der Waals surface area (Å²) in [5, 5.41) is 7.69. The van der Waals surface area contributed by atoms with Crippen molar-refractivity contribution in [3.63, 3.8) is 0 Å². The minimum atomic E-state index is -0.520. The van der Waals surface area contributed by atoms with Crippen LogP contribution in [0, 0.1) is 0 Å². The summed E-state index contributed by atoms with van der Waals surface area (Å²) in [6.07, 6.45) is 5.31. The normalized spacial score (nSPS) is 14.5. The average molecular weight is 333 g/mol. The van der Waals surface area contributed by atoms with Crippen molar-refractivity contribution >= 4 is 23.5 Å². The van der Waals surface area contributed by atoms with Gasteiger partial charge in [0.15, 0.2) is 6.61 Å². The molecule has 7 heteroatoms. The van der Waals surface area contributed by atoms with Crippen LogP contribution in [0.2, 0.25) is 0 Å². The van der Waals surface area contributed by atoms with Crippen molar-refractivity contribution in [1.82, 2.24) is 10.6 Å². The fraction of sp³-hybridized carbons (Fsp3) is 0.471. The van der Waals surface area contributed by atoms with E-state index < -0.39 is 11.9 Å². The van der Waals surface area contributed by atoms with Gasteiger partial charge in [-0.2, -0.15) is 0 Å². The Bertz CT molecular complexity index is 597. The molecule has 1 aliphatic carbocycles. The highest BCUT2D eigenvalue weighted by atomic mass is 16.5. The van der Waals surface area contributed by atoms with Crippen molar-refractivity contribution in [3.8, 4) is 5.75 Å².